The van der Waals surface area contributed by atoms with Crippen LogP contribution in [0.1, 0.15) is 29.5 Å². The smallest absolute Gasteiger partial charge is 0.408 e. The Bertz CT molecular complexity index is 1060. The molecule has 0 radical (unpaired) electrons. The van der Waals surface area contributed by atoms with E-state index in [1.54, 1.807) is 24.1 Å². The van der Waals surface area contributed by atoms with Crippen molar-refractivity contribution in [3.05, 3.63) is 77.6 Å². The molecule has 1 amide bonds. The van der Waals surface area contributed by atoms with Gasteiger partial charge >= 0.3 is 12.1 Å². The first-order chi connectivity index (χ1) is 14.4. The van der Waals surface area contributed by atoms with Gasteiger partial charge in [-0.25, -0.2) is 9.59 Å². The topological polar surface area (TPSA) is 93.5 Å². The first kappa shape index (κ1) is 19.7. The second-order valence-electron chi connectivity index (χ2n) is 7.79. The minimum Gasteiger partial charge on any atom is -0.480 e. The van der Waals surface area contributed by atoms with Gasteiger partial charge in [0, 0.05) is 25.6 Å². The number of carboxylic acid groups (broad SMARTS) is 1. The average Bonchev–Trinajstić information content (AvgIpc) is 3.27. The van der Waals surface area contributed by atoms with Gasteiger partial charge < -0.3 is 15.2 Å². The fourth-order valence-electron chi connectivity index (χ4n) is 4.00. The first-order valence-electron chi connectivity index (χ1n) is 9.71. The molecule has 4 rings (SSSR count). The predicted octanol–water partition coefficient (Wildman–Crippen LogP) is 3.34. The fourth-order valence-corrected chi connectivity index (χ4v) is 4.00. The number of carboxylic acids is 1. The van der Waals surface area contributed by atoms with Gasteiger partial charge in [-0.05, 0) is 34.7 Å². The van der Waals surface area contributed by atoms with Gasteiger partial charge in [-0.1, -0.05) is 48.5 Å². The Morgan fingerprint density at radius 1 is 1.13 bits per heavy atom. The number of carbonyl (C=O) groups excluding carboxylic acids is 1. The molecule has 0 saturated carbocycles. The summed E-state index contributed by atoms with van der Waals surface area (Å²) in [6, 6.07) is 16.1. The minimum atomic E-state index is -1.51. The van der Waals surface area contributed by atoms with E-state index in [1.807, 2.05) is 36.4 Å². The van der Waals surface area contributed by atoms with Crippen molar-refractivity contribution in [1.82, 2.24) is 15.1 Å². The molecule has 7 heteroatoms. The SMILES string of the molecule is Cn1cc(CC(C)(NC(=O)OCC2c3ccccc3-c3ccccc32)C(=O)O)cn1. The van der Waals surface area contributed by atoms with Crippen LogP contribution in [0.5, 0.6) is 0 Å². The van der Waals surface area contributed by atoms with Crippen LogP contribution in [0, 0.1) is 0 Å². The number of nitrogens with zero attached hydrogens (tertiary/aromatic N) is 2. The first-order valence-corrected chi connectivity index (χ1v) is 9.71. The Labute approximate surface area is 174 Å². The lowest BCUT2D eigenvalue weighted by Gasteiger charge is -2.26. The Kier molecular flexibility index (Phi) is 5.03. The van der Waals surface area contributed by atoms with Gasteiger partial charge in [0.05, 0.1) is 6.20 Å². The third kappa shape index (κ3) is 3.66. The number of nitrogens with one attached hydrogen (secondary N) is 1. The predicted molar refractivity (Wildman–Crippen MR) is 111 cm³/mol. The number of ether oxygens (including phenoxy) is 1. The van der Waals surface area contributed by atoms with Crippen molar-refractivity contribution in [3.8, 4) is 11.1 Å². The van der Waals surface area contributed by atoms with E-state index in [1.165, 1.54) is 6.92 Å². The van der Waals surface area contributed by atoms with Crippen molar-refractivity contribution < 1.29 is 19.4 Å². The van der Waals surface area contributed by atoms with Gasteiger partial charge in [0.1, 0.15) is 12.1 Å². The number of fused-ring (bicyclic) bond motifs is 3. The molecular weight excluding hydrogens is 382 g/mol. The molecule has 1 atom stereocenters. The molecule has 1 aromatic heterocycles. The van der Waals surface area contributed by atoms with Crippen molar-refractivity contribution in [3.63, 3.8) is 0 Å². The number of benzene rings is 2. The lowest BCUT2D eigenvalue weighted by atomic mass is 9.95. The summed E-state index contributed by atoms with van der Waals surface area (Å²) in [4.78, 5) is 24.4. The van der Waals surface area contributed by atoms with Crippen LogP contribution in [0.25, 0.3) is 11.1 Å². The van der Waals surface area contributed by atoms with Gasteiger partial charge in [-0.3, -0.25) is 4.68 Å². The molecule has 1 heterocycles. The van der Waals surface area contributed by atoms with Crippen molar-refractivity contribution in [2.75, 3.05) is 6.61 Å². The number of aromatic nitrogens is 2. The molecule has 2 aromatic carbocycles. The number of rotatable bonds is 6. The molecule has 154 valence electrons. The maximum absolute atomic E-state index is 12.5. The molecule has 7 nitrogen and oxygen atoms in total. The highest BCUT2D eigenvalue weighted by Crippen LogP contribution is 2.44. The van der Waals surface area contributed by atoms with E-state index in [2.05, 4.69) is 22.5 Å². The number of carbonyl (C=O) groups is 2. The van der Waals surface area contributed by atoms with Gasteiger partial charge in [0.25, 0.3) is 0 Å². The van der Waals surface area contributed by atoms with Gasteiger partial charge in [0.2, 0.25) is 0 Å². The maximum atomic E-state index is 12.5. The van der Waals surface area contributed by atoms with Crippen LogP contribution in [0.4, 0.5) is 4.79 Å². The Morgan fingerprint density at radius 2 is 1.73 bits per heavy atom. The maximum Gasteiger partial charge on any atom is 0.408 e. The largest absolute Gasteiger partial charge is 0.480 e. The Balaban J connectivity index is 1.47. The van der Waals surface area contributed by atoms with Crippen molar-refractivity contribution in [1.29, 1.82) is 0 Å². The monoisotopic (exact) mass is 405 g/mol. The van der Waals surface area contributed by atoms with Crippen molar-refractivity contribution in [2.45, 2.75) is 24.8 Å². The number of aryl methyl sites for hydroxylation is 1. The van der Waals surface area contributed by atoms with Crippen LogP contribution in [-0.4, -0.2) is 39.1 Å². The molecule has 0 bridgehead atoms. The summed E-state index contributed by atoms with van der Waals surface area (Å²) in [5, 5.41) is 16.3. The number of hydrogen-bond donors (Lipinski definition) is 2. The summed E-state index contributed by atoms with van der Waals surface area (Å²) in [6.07, 6.45) is 2.65. The summed E-state index contributed by atoms with van der Waals surface area (Å²) >= 11 is 0. The molecule has 1 aliphatic rings. The van der Waals surface area contributed by atoms with Crippen LogP contribution >= 0.6 is 0 Å². The molecule has 3 aromatic rings. The summed E-state index contributed by atoms with van der Waals surface area (Å²) < 4.78 is 7.08. The van der Waals surface area contributed by atoms with Crippen molar-refractivity contribution in [2.24, 2.45) is 7.05 Å². The zero-order chi connectivity index (χ0) is 21.3. The lowest BCUT2D eigenvalue weighted by molar-refractivity contribution is -0.143. The second-order valence-corrected chi connectivity index (χ2v) is 7.79. The number of aliphatic carboxylic acids is 1. The van der Waals surface area contributed by atoms with Crippen LogP contribution in [-0.2, 0) is 23.0 Å². The summed E-state index contributed by atoms with van der Waals surface area (Å²) in [5.74, 6) is -1.22. The standard InChI is InChI=1S/C23H23N3O4/c1-23(21(27)28,11-15-12-24-26(2)13-15)25-22(29)30-14-20-18-9-5-3-7-16(18)17-8-4-6-10-19(17)20/h3-10,12-13,20H,11,14H2,1-2H3,(H,25,29)(H,27,28). The number of hydrogen-bond acceptors (Lipinski definition) is 4. The van der Waals surface area contributed by atoms with Crippen LogP contribution in [0.15, 0.2) is 60.9 Å². The van der Waals surface area contributed by atoms with Crippen molar-refractivity contribution >= 4 is 12.1 Å². The molecule has 30 heavy (non-hydrogen) atoms. The highest BCUT2D eigenvalue weighted by atomic mass is 16.5. The zero-order valence-corrected chi connectivity index (χ0v) is 16.8. The zero-order valence-electron chi connectivity index (χ0n) is 16.8. The van der Waals surface area contributed by atoms with Crippen LogP contribution < -0.4 is 5.32 Å². The third-order valence-electron chi connectivity index (χ3n) is 5.51. The van der Waals surface area contributed by atoms with E-state index in [9.17, 15) is 14.7 Å². The van der Waals surface area contributed by atoms with Gasteiger partial charge in [0.15, 0.2) is 0 Å². The summed E-state index contributed by atoms with van der Waals surface area (Å²) in [5.41, 5.74) is 3.67. The summed E-state index contributed by atoms with van der Waals surface area (Å²) in [7, 11) is 1.75. The quantitative estimate of drug-likeness (QED) is 0.656. The molecule has 2 N–H and O–H groups in total. The second kappa shape index (κ2) is 7.67. The normalized spacial score (nSPS) is 14.5. The van der Waals surface area contributed by atoms with E-state index >= 15 is 0 Å². The molecule has 1 unspecified atom stereocenters. The van der Waals surface area contributed by atoms with Gasteiger partial charge in [-0.2, -0.15) is 5.10 Å². The third-order valence-corrected chi connectivity index (χ3v) is 5.51. The van der Waals surface area contributed by atoms with E-state index in [0.29, 0.717) is 5.56 Å². The highest BCUT2D eigenvalue weighted by molar-refractivity contribution is 5.84. The molecule has 0 saturated heterocycles. The van der Waals surface area contributed by atoms with E-state index in [0.717, 1.165) is 22.3 Å². The molecule has 1 aliphatic carbocycles. The minimum absolute atomic E-state index is 0.0856. The van der Waals surface area contributed by atoms with Gasteiger partial charge in [-0.15, -0.1) is 0 Å². The van der Waals surface area contributed by atoms with Crippen LogP contribution in [0.2, 0.25) is 0 Å². The molecule has 0 fully saturated rings. The van der Waals surface area contributed by atoms with E-state index in [-0.39, 0.29) is 18.9 Å². The highest BCUT2D eigenvalue weighted by Gasteiger charge is 2.37. The van der Waals surface area contributed by atoms with E-state index < -0.39 is 17.6 Å². The number of alkyl carbamates (subject to hydrolysis) is 1. The van der Waals surface area contributed by atoms with Crippen LogP contribution in [0.3, 0.4) is 0 Å². The average molecular weight is 405 g/mol. The molecule has 0 aliphatic heterocycles. The molecular formula is C23H23N3O4. The fraction of sp³-hybridized carbons (Fsp3) is 0.261. The lowest BCUT2D eigenvalue weighted by Crippen LogP contribution is -2.54. The van der Waals surface area contributed by atoms with E-state index in [4.69, 9.17) is 4.74 Å². The Morgan fingerprint density at radius 3 is 2.27 bits per heavy atom. The summed E-state index contributed by atoms with van der Waals surface area (Å²) in [6.45, 7) is 1.59. The number of amides is 1. The Hall–Kier alpha value is -3.61. The molecule has 0 spiro atoms.